The van der Waals surface area contributed by atoms with E-state index < -0.39 is 0 Å². The van der Waals surface area contributed by atoms with Crippen LogP contribution >= 0.6 is 11.3 Å². The van der Waals surface area contributed by atoms with E-state index in [9.17, 15) is 4.79 Å². The maximum Gasteiger partial charge on any atom is 0.321 e. The molecule has 3 rings (SSSR count). The van der Waals surface area contributed by atoms with Crippen molar-refractivity contribution in [3.05, 3.63) is 22.3 Å². The molecule has 8 heteroatoms. The van der Waals surface area contributed by atoms with Gasteiger partial charge in [-0.3, -0.25) is 5.32 Å². The minimum atomic E-state index is -0.293. The van der Waals surface area contributed by atoms with Crippen LogP contribution in [0.15, 0.2) is 4.52 Å². The SMILES string of the molecule is CC[C@@H](NC(=O)Nc1nc2c(s1)C[C@@H](C)CC2)c1noc(C)n1. The molecular formula is C15H21N5O2S. The van der Waals surface area contributed by atoms with Gasteiger partial charge < -0.3 is 9.84 Å². The standard InChI is InChI=1S/C15H21N5O2S/c1-4-10(13-16-9(3)22-20-13)17-14(21)19-15-18-11-6-5-8(2)7-12(11)23-15/h8,10H,4-7H2,1-3H3,(H2,17,18,19,21)/t8-,10+/m0/s1. The van der Waals surface area contributed by atoms with Crippen LogP contribution < -0.4 is 10.6 Å². The van der Waals surface area contributed by atoms with Crippen LogP contribution in [0.3, 0.4) is 0 Å². The first kappa shape index (κ1) is 15.9. The van der Waals surface area contributed by atoms with Crippen molar-refractivity contribution in [1.82, 2.24) is 20.4 Å². The molecule has 2 N–H and O–H groups in total. The molecule has 0 radical (unpaired) electrons. The molecule has 2 aromatic rings. The van der Waals surface area contributed by atoms with Crippen LogP contribution in [0.1, 0.15) is 55.0 Å². The Kier molecular flexibility index (Phi) is 4.61. The first-order valence-electron chi connectivity index (χ1n) is 7.91. The topological polar surface area (TPSA) is 92.9 Å². The number of carbonyl (C=O) groups excluding carboxylic acids is 1. The molecule has 23 heavy (non-hydrogen) atoms. The molecule has 0 unspecified atom stereocenters. The number of carbonyl (C=O) groups is 1. The fourth-order valence-corrected chi connectivity index (χ4v) is 3.86. The number of aromatic nitrogens is 3. The molecule has 2 aromatic heterocycles. The summed E-state index contributed by atoms with van der Waals surface area (Å²) >= 11 is 1.57. The smallest absolute Gasteiger partial charge is 0.321 e. The van der Waals surface area contributed by atoms with Gasteiger partial charge >= 0.3 is 6.03 Å². The van der Waals surface area contributed by atoms with Crippen molar-refractivity contribution >= 4 is 22.5 Å². The quantitative estimate of drug-likeness (QED) is 0.895. The second-order valence-electron chi connectivity index (χ2n) is 5.97. The lowest BCUT2D eigenvalue weighted by molar-refractivity contribution is 0.247. The minimum absolute atomic E-state index is 0.276. The van der Waals surface area contributed by atoms with Gasteiger partial charge in [0.15, 0.2) is 11.0 Å². The predicted molar refractivity (Wildman–Crippen MR) is 87.5 cm³/mol. The van der Waals surface area contributed by atoms with Gasteiger partial charge in [-0.2, -0.15) is 4.98 Å². The number of hydrogen-bond donors (Lipinski definition) is 2. The lowest BCUT2D eigenvalue weighted by Crippen LogP contribution is -2.32. The molecule has 0 fully saturated rings. The average Bonchev–Trinajstić information content (AvgIpc) is 3.10. The summed E-state index contributed by atoms with van der Waals surface area (Å²) in [5.74, 6) is 1.67. The summed E-state index contributed by atoms with van der Waals surface area (Å²) in [4.78, 5) is 22.2. The molecule has 0 aromatic carbocycles. The van der Waals surface area contributed by atoms with Crippen molar-refractivity contribution in [2.24, 2.45) is 5.92 Å². The Labute approximate surface area is 138 Å². The Bertz CT molecular complexity index is 696. The predicted octanol–water partition coefficient (Wildman–Crippen LogP) is 3.23. The summed E-state index contributed by atoms with van der Waals surface area (Å²) in [6.07, 6.45) is 3.89. The number of rotatable bonds is 4. The highest BCUT2D eigenvalue weighted by atomic mass is 32.1. The van der Waals surface area contributed by atoms with Gasteiger partial charge in [-0.1, -0.05) is 19.0 Å². The van der Waals surface area contributed by atoms with E-state index in [0.717, 1.165) is 25.0 Å². The highest BCUT2D eigenvalue weighted by molar-refractivity contribution is 7.15. The van der Waals surface area contributed by atoms with E-state index in [0.29, 0.717) is 29.2 Å². The number of fused-ring (bicyclic) bond motifs is 1. The Morgan fingerprint density at radius 2 is 2.30 bits per heavy atom. The van der Waals surface area contributed by atoms with Crippen LogP contribution in [0.5, 0.6) is 0 Å². The molecule has 1 aliphatic carbocycles. The summed E-state index contributed by atoms with van der Waals surface area (Å²) in [5.41, 5.74) is 1.13. The van der Waals surface area contributed by atoms with Crippen molar-refractivity contribution < 1.29 is 9.32 Å². The number of nitrogens with one attached hydrogen (secondary N) is 2. The van der Waals surface area contributed by atoms with Crippen LogP contribution in [0.25, 0.3) is 0 Å². The van der Waals surface area contributed by atoms with E-state index in [-0.39, 0.29) is 12.1 Å². The van der Waals surface area contributed by atoms with Gasteiger partial charge in [0.1, 0.15) is 0 Å². The largest absolute Gasteiger partial charge is 0.340 e. The molecule has 124 valence electrons. The fourth-order valence-electron chi connectivity index (χ4n) is 2.69. The third-order valence-corrected chi connectivity index (χ3v) is 5.01. The van der Waals surface area contributed by atoms with E-state index in [1.807, 2.05) is 6.92 Å². The van der Waals surface area contributed by atoms with Gasteiger partial charge in [0.25, 0.3) is 0 Å². The zero-order valence-electron chi connectivity index (χ0n) is 13.5. The molecule has 0 spiro atoms. The van der Waals surface area contributed by atoms with Crippen molar-refractivity contribution in [2.75, 3.05) is 5.32 Å². The van der Waals surface area contributed by atoms with Crippen molar-refractivity contribution in [1.29, 1.82) is 0 Å². The van der Waals surface area contributed by atoms with Gasteiger partial charge in [-0.15, -0.1) is 11.3 Å². The van der Waals surface area contributed by atoms with Gasteiger partial charge in [0.05, 0.1) is 11.7 Å². The number of anilines is 1. The maximum atomic E-state index is 12.2. The van der Waals surface area contributed by atoms with Crippen molar-refractivity contribution in [2.45, 2.75) is 52.5 Å². The first-order valence-corrected chi connectivity index (χ1v) is 8.73. The molecule has 2 heterocycles. The Morgan fingerprint density at radius 1 is 1.48 bits per heavy atom. The van der Waals surface area contributed by atoms with Crippen LogP contribution in [0.2, 0.25) is 0 Å². The van der Waals surface area contributed by atoms with E-state index >= 15 is 0 Å². The number of nitrogens with zero attached hydrogens (tertiary/aromatic N) is 3. The third kappa shape index (κ3) is 3.69. The third-order valence-electron chi connectivity index (χ3n) is 3.98. The summed E-state index contributed by atoms with van der Waals surface area (Å²) in [7, 11) is 0. The molecule has 0 saturated heterocycles. The molecule has 2 atom stereocenters. The Morgan fingerprint density at radius 3 is 3.00 bits per heavy atom. The highest BCUT2D eigenvalue weighted by Gasteiger charge is 2.22. The average molecular weight is 335 g/mol. The monoisotopic (exact) mass is 335 g/mol. The lowest BCUT2D eigenvalue weighted by atomic mass is 9.93. The van der Waals surface area contributed by atoms with Crippen LogP contribution in [-0.2, 0) is 12.8 Å². The number of aryl methyl sites for hydroxylation is 2. The number of thiazole rings is 1. The molecule has 1 aliphatic rings. The summed E-state index contributed by atoms with van der Waals surface area (Å²) < 4.78 is 4.97. The number of hydrogen-bond acceptors (Lipinski definition) is 6. The van der Waals surface area contributed by atoms with Gasteiger partial charge in [-0.05, 0) is 31.6 Å². The molecule has 0 bridgehead atoms. The van der Waals surface area contributed by atoms with E-state index in [1.54, 1.807) is 18.3 Å². The summed E-state index contributed by atoms with van der Waals surface area (Å²) in [6.45, 7) is 5.94. The Balaban J connectivity index is 1.63. The summed E-state index contributed by atoms with van der Waals surface area (Å²) in [6, 6.07) is -0.569. The number of amides is 2. The van der Waals surface area contributed by atoms with E-state index in [4.69, 9.17) is 4.52 Å². The second-order valence-corrected chi connectivity index (χ2v) is 7.05. The van der Waals surface area contributed by atoms with Gasteiger partial charge in [0, 0.05) is 11.8 Å². The first-order chi connectivity index (χ1) is 11.0. The fraction of sp³-hybridized carbons (Fsp3) is 0.600. The lowest BCUT2D eigenvalue weighted by Gasteiger charge is -2.15. The zero-order valence-corrected chi connectivity index (χ0v) is 14.4. The Hall–Kier alpha value is -1.96. The number of urea groups is 1. The summed E-state index contributed by atoms with van der Waals surface area (Å²) in [5, 5.41) is 10.2. The second kappa shape index (κ2) is 6.66. The van der Waals surface area contributed by atoms with Crippen LogP contribution in [-0.4, -0.2) is 21.2 Å². The van der Waals surface area contributed by atoms with E-state index in [1.165, 1.54) is 4.88 Å². The highest BCUT2D eigenvalue weighted by Crippen LogP contribution is 2.32. The maximum absolute atomic E-state index is 12.2. The molecule has 0 aliphatic heterocycles. The van der Waals surface area contributed by atoms with Crippen molar-refractivity contribution in [3.63, 3.8) is 0 Å². The molecular weight excluding hydrogens is 314 g/mol. The minimum Gasteiger partial charge on any atom is -0.340 e. The van der Waals surface area contributed by atoms with Gasteiger partial charge in [-0.25, -0.2) is 9.78 Å². The van der Waals surface area contributed by atoms with Crippen LogP contribution in [0.4, 0.5) is 9.93 Å². The van der Waals surface area contributed by atoms with Gasteiger partial charge in [0.2, 0.25) is 5.89 Å². The zero-order chi connectivity index (χ0) is 16.4. The molecule has 7 nitrogen and oxygen atoms in total. The molecule has 0 saturated carbocycles. The van der Waals surface area contributed by atoms with Crippen molar-refractivity contribution in [3.8, 4) is 0 Å². The van der Waals surface area contributed by atoms with Crippen LogP contribution in [0, 0.1) is 12.8 Å². The molecule has 2 amide bonds. The van der Waals surface area contributed by atoms with E-state index in [2.05, 4.69) is 32.7 Å². The normalized spacial score (nSPS) is 18.3.